The summed E-state index contributed by atoms with van der Waals surface area (Å²) in [5, 5.41) is 0.737. The summed E-state index contributed by atoms with van der Waals surface area (Å²) < 4.78 is 11.9. The van der Waals surface area contributed by atoms with E-state index in [1.807, 2.05) is 48.2 Å². The van der Waals surface area contributed by atoms with Crippen molar-refractivity contribution < 1.29 is 14.3 Å². The van der Waals surface area contributed by atoms with E-state index in [1.165, 1.54) is 5.56 Å². The molecule has 3 atom stereocenters. The molecule has 27 heavy (non-hydrogen) atoms. The zero-order valence-electron chi connectivity index (χ0n) is 15.4. The monoisotopic (exact) mass is 385 g/mol. The van der Waals surface area contributed by atoms with Crippen molar-refractivity contribution in [3.63, 3.8) is 0 Å². The molecule has 1 fully saturated rings. The molecule has 0 bridgehead atoms. The van der Waals surface area contributed by atoms with Crippen LogP contribution in [0, 0.1) is 0 Å². The molecule has 1 saturated heterocycles. The number of amides is 1. The molecule has 2 aromatic rings. The molecule has 4 nitrogen and oxygen atoms in total. The number of hydrogen-bond donors (Lipinski definition) is 0. The summed E-state index contributed by atoms with van der Waals surface area (Å²) in [7, 11) is 0. The predicted octanol–water partition coefficient (Wildman–Crippen LogP) is 4.66. The van der Waals surface area contributed by atoms with Gasteiger partial charge in [0.1, 0.15) is 6.10 Å². The molecule has 1 amide bonds. The van der Waals surface area contributed by atoms with Gasteiger partial charge in [0.15, 0.2) is 11.5 Å². The number of ether oxygens (including phenoxy) is 2. The van der Waals surface area contributed by atoms with Gasteiger partial charge in [-0.1, -0.05) is 42.3 Å². The van der Waals surface area contributed by atoms with Crippen LogP contribution in [0.25, 0.3) is 0 Å². The predicted molar refractivity (Wildman–Crippen MR) is 106 cm³/mol. The number of fused-ring (bicyclic) bond motifs is 1. The maximum absolute atomic E-state index is 13.3. The molecule has 0 aliphatic carbocycles. The summed E-state index contributed by atoms with van der Waals surface area (Å²) >= 11 is 6.03. The molecule has 0 N–H and O–H groups in total. The molecule has 2 heterocycles. The number of nitrogens with zero attached hydrogens (tertiary/aromatic N) is 1. The summed E-state index contributed by atoms with van der Waals surface area (Å²) in [5.41, 5.74) is 1.23. The van der Waals surface area contributed by atoms with Gasteiger partial charge < -0.3 is 14.4 Å². The normalized spacial score (nSPS) is 25.0. The Hall–Kier alpha value is -2.20. The minimum Gasteiger partial charge on any atom is -0.482 e. The standard InChI is InChI=1S/C22H24ClNO3/c1-15-21(27-20-8-3-2-7-19(20)26-15)22(25)24-13-5-4-6-17(14-24)16-9-11-18(23)12-10-16/h2-3,7-12,15,17,21H,4-6,13-14H2,1H3. The van der Waals surface area contributed by atoms with E-state index in [0.29, 0.717) is 24.0 Å². The number of benzene rings is 2. The van der Waals surface area contributed by atoms with Gasteiger partial charge in [-0.2, -0.15) is 0 Å². The SMILES string of the molecule is CC1Oc2ccccc2OC1C(=O)N1CCCCC(c2ccc(Cl)cc2)C1. The Labute approximate surface area is 165 Å². The molecule has 0 radical (unpaired) electrons. The van der Waals surface area contributed by atoms with Crippen LogP contribution in [0.5, 0.6) is 11.5 Å². The average Bonchev–Trinajstić information content (AvgIpc) is 2.94. The zero-order valence-corrected chi connectivity index (χ0v) is 16.2. The summed E-state index contributed by atoms with van der Waals surface area (Å²) in [5.74, 6) is 1.67. The quantitative estimate of drug-likeness (QED) is 0.754. The Balaban J connectivity index is 1.51. The van der Waals surface area contributed by atoms with Gasteiger partial charge in [0.05, 0.1) is 0 Å². The van der Waals surface area contributed by atoms with Gasteiger partial charge in [-0.15, -0.1) is 0 Å². The van der Waals surface area contributed by atoms with E-state index in [0.717, 1.165) is 30.8 Å². The van der Waals surface area contributed by atoms with E-state index in [-0.39, 0.29) is 12.0 Å². The van der Waals surface area contributed by atoms with Crippen LogP contribution in [0.1, 0.15) is 37.7 Å². The van der Waals surface area contributed by atoms with Crippen LogP contribution in [0.15, 0.2) is 48.5 Å². The second-order valence-corrected chi connectivity index (χ2v) is 7.77. The molecule has 0 aromatic heterocycles. The highest BCUT2D eigenvalue weighted by atomic mass is 35.5. The van der Waals surface area contributed by atoms with E-state index < -0.39 is 6.10 Å². The first-order chi connectivity index (χ1) is 13.1. The summed E-state index contributed by atoms with van der Waals surface area (Å²) in [6, 6.07) is 15.5. The third-order valence-electron chi connectivity index (χ3n) is 5.41. The Morgan fingerprint density at radius 1 is 1.04 bits per heavy atom. The summed E-state index contributed by atoms with van der Waals surface area (Å²) in [6.45, 7) is 3.36. The van der Waals surface area contributed by atoms with Crippen molar-refractivity contribution in [3.05, 3.63) is 59.1 Å². The highest BCUT2D eigenvalue weighted by molar-refractivity contribution is 6.30. The second-order valence-electron chi connectivity index (χ2n) is 7.34. The highest BCUT2D eigenvalue weighted by Crippen LogP contribution is 2.35. The molecule has 5 heteroatoms. The van der Waals surface area contributed by atoms with Crippen LogP contribution < -0.4 is 9.47 Å². The first-order valence-corrected chi connectivity index (χ1v) is 9.96. The molecule has 0 spiro atoms. The fourth-order valence-electron chi connectivity index (χ4n) is 3.92. The lowest BCUT2D eigenvalue weighted by Crippen LogP contribution is -2.51. The molecular weight excluding hydrogens is 362 g/mol. The van der Waals surface area contributed by atoms with E-state index in [9.17, 15) is 4.79 Å². The maximum atomic E-state index is 13.3. The minimum absolute atomic E-state index is 0.0119. The topological polar surface area (TPSA) is 38.8 Å². The lowest BCUT2D eigenvalue weighted by molar-refractivity contribution is -0.144. The van der Waals surface area contributed by atoms with Crippen molar-refractivity contribution in [1.82, 2.24) is 4.90 Å². The Kier molecular flexibility index (Phi) is 5.26. The second kappa shape index (κ2) is 7.81. The van der Waals surface area contributed by atoms with Gasteiger partial charge >= 0.3 is 0 Å². The first-order valence-electron chi connectivity index (χ1n) is 9.58. The van der Waals surface area contributed by atoms with E-state index in [4.69, 9.17) is 21.1 Å². The number of halogens is 1. The number of likely N-dealkylation sites (tertiary alicyclic amines) is 1. The third-order valence-corrected chi connectivity index (χ3v) is 5.66. The van der Waals surface area contributed by atoms with Crippen molar-refractivity contribution in [3.8, 4) is 11.5 Å². The first kappa shape index (κ1) is 18.2. The van der Waals surface area contributed by atoms with Crippen LogP contribution in [-0.2, 0) is 4.79 Å². The Morgan fingerprint density at radius 3 is 2.48 bits per heavy atom. The van der Waals surface area contributed by atoms with Crippen molar-refractivity contribution in [1.29, 1.82) is 0 Å². The fraction of sp³-hybridized carbons (Fsp3) is 0.409. The maximum Gasteiger partial charge on any atom is 0.267 e. The van der Waals surface area contributed by atoms with Gasteiger partial charge in [0.2, 0.25) is 6.10 Å². The number of carbonyl (C=O) groups excluding carboxylic acids is 1. The molecular formula is C22H24ClNO3. The molecule has 2 aliphatic heterocycles. The summed E-state index contributed by atoms with van der Waals surface area (Å²) in [4.78, 5) is 15.2. The highest BCUT2D eigenvalue weighted by Gasteiger charge is 2.37. The Morgan fingerprint density at radius 2 is 1.74 bits per heavy atom. The van der Waals surface area contributed by atoms with E-state index >= 15 is 0 Å². The third kappa shape index (κ3) is 3.91. The van der Waals surface area contributed by atoms with Crippen LogP contribution in [0.2, 0.25) is 5.02 Å². The molecule has 4 rings (SSSR count). The van der Waals surface area contributed by atoms with Crippen LogP contribution in [-0.4, -0.2) is 36.1 Å². The number of rotatable bonds is 2. The molecule has 2 aliphatic rings. The van der Waals surface area contributed by atoms with Crippen LogP contribution in [0.3, 0.4) is 0 Å². The number of para-hydroxylation sites is 2. The van der Waals surface area contributed by atoms with Gasteiger partial charge in [0, 0.05) is 24.0 Å². The minimum atomic E-state index is -0.608. The molecule has 0 saturated carbocycles. The van der Waals surface area contributed by atoms with Gasteiger partial charge in [-0.05, 0) is 49.6 Å². The van der Waals surface area contributed by atoms with Crippen LogP contribution in [0.4, 0.5) is 0 Å². The summed E-state index contributed by atoms with van der Waals surface area (Å²) in [6.07, 6.45) is 2.27. The number of carbonyl (C=O) groups is 1. The molecule has 2 aromatic carbocycles. The van der Waals surface area contributed by atoms with Gasteiger partial charge in [0.25, 0.3) is 5.91 Å². The van der Waals surface area contributed by atoms with Gasteiger partial charge in [-0.3, -0.25) is 4.79 Å². The van der Waals surface area contributed by atoms with E-state index in [1.54, 1.807) is 0 Å². The van der Waals surface area contributed by atoms with Crippen molar-refractivity contribution in [2.75, 3.05) is 13.1 Å². The lowest BCUT2D eigenvalue weighted by Gasteiger charge is -2.35. The van der Waals surface area contributed by atoms with Crippen LogP contribution >= 0.6 is 11.6 Å². The van der Waals surface area contributed by atoms with Crippen molar-refractivity contribution in [2.45, 2.75) is 44.3 Å². The van der Waals surface area contributed by atoms with Crippen molar-refractivity contribution >= 4 is 17.5 Å². The molecule has 3 unspecified atom stereocenters. The fourth-order valence-corrected chi connectivity index (χ4v) is 4.05. The van der Waals surface area contributed by atoms with Crippen molar-refractivity contribution in [2.24, 2.45) is 0 Å². The Bertz CT molecular complexity index is 807. The van der Waals surface area contributed by atoms with Gasteiger partial charge in [-0.25, -0.2) is 0 Å². The zero-order chi connectivity index (χ0) is 18.8. The van der Waals surface area contributed by atoms with E-state index in [2.05, 4.69) is 12.1 Å². The smallest absolute Gasteiger partial charge is 0.267 e. The number of hydrogen-bond acceptors (Lipinski definition) is 3. The molecule has 142 valence electrons. The largest absolute Gasteiger partial charge is 0.482 e. The lowest BCUT2D eigenvalue weighted by atomic mass is 9.94. The average molecular weight is 386 g/mol.